The van der Waals surface area contributed by atoms with Crippen molar-refractivity contribution in [2.45, 2.75) is 13.0 Å². The van der Waals surface area contributed by atoms with Gasteiger partial charge in [0.05, 0.1) is 5.75 Å². The van der Waals surface area contributed by atoms with Crippen molar-refractivity contribution in [1.29, 1.82) is 0 Å². The Kier molecular flexibility index (Phi) is 7.02. The Labute approximate surface area is 158 Å². The van der Waals surface area contributed by atoms with Gasteiger partial charge >= 0.3 is 0 Å². The predicted octanol–water partition coefficient (Wildman–Crippen LogP) is 3.14. The fraction of sp³-hybridized carbons (Fsp3) is 0.278. The number of rotatable bonds is 8. The molecule has 2 aromatic carbocycles. The lowest BCUT2D eigenvalue weighted by atomic mass is 10.2. The summed E-state index contributed by atoms with van der Waals surface area (Å²) in [6.45, 7) is 0.408. The molecule has 0 radical (unpaired) electrons. The fourth-order valence-electron chi connectivity index (χ4n) is 2.01. The Hall–Kier alpha value is -2.09. The molecule has 0 spiro atoms. The number of hydrogen-bond acceptors (Lipinski definition) is 4. The summed E-state index contributed by atoms with van der Waals surface area (Å²) in [5, 5.41) is 3.34. The van der Waals surface area contributed by atoms with E-state index in [0.29, 0.717) is 23.1 Å². The number of ether oxygens (including phenoxy) is 1. The zero-order valence-corrected chi connectivity index (χ0v) is 16.2. The maximum Gasteiger partial charge on any atom is 0.225 e. The van der Waals surface area contributed by atoms with E-state index in [-0.39, 0.29) is 18.1 Å². The largest absolute Gasteiger partial charge is 0.489 e. The van der Waals surface area contributed by atoms with E-state index in [9.17, 15) is 13.2 Å². The SMILES string of the molecule is CN(C)S(=O)(=O)CCC(=O)Nc1ccc(OCc2ccc(Cl)cc2)cc1. The molecular weight excluding hydrogens is 376 g/mol. The van der Waals surface area contributed by atoms with Gasteiger partial charge in [-0.2, -0.15) is 0 Å². The highest BCUT2D eigenvalue weighted by Gasteiger charge is 2.15. The Bertz CT molecular complexity index is 834. The number of nitrogens with zero attached hydrogens (tertiary/aromatic N) is 1. The smallest absolute Gasteiger partial charge is 0.225 e. The van der Waals surface area contributed by atoms with Crippen molar-refractivity contribution in [2.24, 2.45) is 0 Å². The monoisotopic (exact) mass is 396 g/mol. The zero-order chi connectivity index (χ0) is 19.2. The second-order valence-corrected chi connectivity index (χ2v) is 8.57. The minimum absolute atomic E-state index is 0.102. The normalized spacial score (nSPS) is 11.4. The van der Waals surface area contributed by atoms with Crippen molar-refractivity contribution in [3.63, 3.8) is 0 Å². The number of hydrogen-bond donors (Lipinski definition) is 1. The fourth-order valence-corrected chi connectivity index (χ4v) is 2.94. The van der Waals surface area contributed by atoms with Crippen molar-refractivity contribution in [3.8, 4) is 5.75 Å². The second kappa shape index (κ2) is 9.02. The average Bonchev–Trinajstić information content (AvgIpc) is 2.61. The topological polar surface area (TPSA) is 75.7 Å². The number of carbonyl (C=O) groups is 1. The Morgan fingerprint density at radius 1 is 1.08 bits per heavy atom. The number of sulfonamides is 1. The molecule has 140 valence electrons. The molecule has 0 heterocycles. The molecule has 1 N–H and O–H groups in total. The molecule has 0 aliphatic carbocycles. The highest BCUT2D eigenvalue weighted by Crippen LogP contribution is 2.18. The van der Waals surface area contributed by atoms with Crippen LogP contribution in [0.1, 0.15) is 12.0 Å². The minimum atomic E-state index is -3.38. The Morgan fingerprint density at radius 3 is 2.27 bits per heavy atom. The van der Waals surface area contributed by atoms with Gasteiger partial charge in [-0.05, 0) is 42.0 Å². The van der Waals surface area contributed by atoms with Crippen molar-refractivity contribution < 1.29 is 17.9 Å². The van der Waals surface area contributed by atoms with Gasteiger partial charge in [0.1, 0.15) is 12.4 Å². The predicted molar refractivity (Wildman–Crippen MR) is 103 cm³/mol. The summed E-state index contributed by atoms with van der Waals surface area (Å²) in [4.78, 5) is 11.9. The van der Waals surface area contributed by atoms with Crippen LogP contribution in [-0.2, 0) is 21.4 Å². The van der Waals surface area contributed by atoms with Crippen LogP contribution >= 0.6 is 11.6 Å². The Balaban J connectivity index is 1.83. The molecule has 8 heteroatoms. The minimum Gasteiger partial charge on any atom is -0.489 e. The van der Waals surface area contributed by atoms with Crippen LogP contribution in [0, 0.1) is 0 Å². The van der Waals surface area contributed by atoms with Crippen molar-refractivity contribution in [3.05, 3.63) is 59.1 Å². The lowest BCUT2D eigenvalue weighted by Gasteiger charge is -2.11. The molecular formula is C18H21ClN2O4S. The molecule has 6 nitrogen and oxygen atoms in total. The molecule has 0 unspecified atom stereocenters. The van der Waals surface area contributed by atoms with Gasteiger partial charge in [-0.3, -0.25) is 4.79 Å². The van der Waals surface area contributed by atoms with Gasteiger partial charge in [-0.15, -0.1) is 0 Å². The third-order valence-corrected chi connectivity index (χ3v) is 5.68. The molecule has 2 rings (SSSR count). The molecule has 0 aromatic heterocycles. The molecule has 0 aliphatic heterocycles. The molecule has 26 heavy (non-hydrogen) atoms. The van der Waals surface area contributed by atoms with Crippen LogP contribution in [0.2, 0.25) is 5.02 Å². The van der Waals surface area contributed by atoms with E-state index in [1.807, 2.05) is 12.1 Å². The average molecular weight is 397 g/mol. The molecule has 0 bridgehead atoms. The summed E-state index contributed by atoms with van der Waals surface area (Å²) in [7, 11) is -0.504. The highest BCUT2D eigenvalue weighted by molar-refractivity contribution is 7.89. The standard InChI is InChI=1S/C18H21ClN2O4S/c1-21(2)26(23,24)12-11-18(22)20-16-7-9-17(10-8-16)25-13-14-3-5-15(19)6-4-14/h3-10H,11-13H2,1-2H3,(H,20,22). The first-order valence-electron chi connectivity index (χ1n) is 7.93. The maximum atomic E-state index is 11.9. The summed E-state index contributed by atoms with van der Waals surface area (Å²) >= 11 is 5.84. The molecule has 0 fully saturated rings. The summed E-state index contributed by atoms with van der Waals surface area (Å²) in [5.74, 6) is 0.0760. The summed E-state index contributed by atoms with van der Waals surface area (Å²) < 4.78 is 30.1. The lowest BCUT2D eigenvalue weighted by molar-refractivity contribution is -0.115. The number of amides is 1. The summed E-state index contributed by atoms with van der Waals surface area (Å²) in [6.07, 6.45) is -0.102. The highest BCUT2D eigenvalue weighted by atomic mass is 35.5. The van der Waals surface area contributed by atoms with E-state index < -0.39 is 10.0 Å². The van der Waals surface area contributed by atoms with Crippen LogP contribution in [-0.4, -0.2) is 38.5 Å². The van der Waals surface area contributed by atoms with E-state index in [2.05, 4.69) is 5.32 Å². The lowest BCUT2D eigenvalue weighted by Crippen LogP contribution is -2.27. The van der Waals surface area contributed by atoms with Gasteiger partial charge < -0.3 is 10.1 Å². The number of halogens is 1. The molecule has 0 aliphatic rings. The van der Waals surface area contributed by atoms with Crippen LogP contribution in [0.25, 0.3) is 0 Å². The number of benzene rings is 2. The van der Waals surface area contributed by atoms with Crippen LogP contribution in [0.15, 0.2) is 48.5 Å². The molecule has 2 aromatic rings. The van der Waals surface area contributed by atoms with Crippen LogP contribution in [0.3, 0.4) is 0 Å². The van der Waals surface area contributed by atoms with Crippen LogP contribution < -0.4 is 10.1 Å². The number of nitrogens with one attached hydrogen (secondary N) is 1. The molecule has 0 atom stereocenters. The van der Waals surface area contributed by atoms with Crippen LogP contribution in [0.5, 0.6) is 5.75 Å². The first-order chi connectivity index (χ1) is 12.3. The zero-order valence-electron chi connectivity index (χ0n) is 14.6. The van der Waals surface area contributed by atoms with E-state index in [0.717, 1.165) is 9.87 Å². The quantitative estimate of drug-likeness (QED) is 0.743. The van der Waals surface area contributed by atoms with Gasteiger partial charge in [-0.25, -0.2) is 12.7 Å². The Morgan fingerprint density at radius 2 is 1.69 bits per heavy atom. The van der Waals surface area contributed by atoms with Crippen LogP contribution in [0.4, 0.5) is 5.69 Å². The first-order valence-corrected chi connectivity index (χ1v) is 9.92. The van der Waals surface area contributed by atoms with Gasteiger partial charge in [0.2, 0.25) is 15.9 Å². The van der Waals surface area contributed by atoms with Gasteiger partial charge in [0.25, 0.3) is 0 Å². The number of carbonyl (C=O) groups excluding carboxylic acids is 1. The molecule has 0 saturated heterocycles. The van der Waals surface area contributed by atoms with Gasteiger partial charge in [0, 0.05) is 31.2 Å². The van der Waals surface area contributed by atoms with E-state index in [1.165, 1.54) is 14.1 Å². The third kappa shape index (κ3) is 6.33. The third-order valence-electron chi connectivity index (χ3n) is 3.60. The summed E-state index contributed by atoms with van der Waals surface area (Å²) in [6, 6.07) is 14.3. The summed E-state index contributed by atoms with van der Waals surface area (Å²) in [5.41, 5.74) is 1.57. The molecule has 1 amide bonds. The van der Waals surface area contributed by atoms with Crippen molar-refractivity contribution in [2.75, 3.05) is 25.2 Å². The van der Waals surface area contributed by atoms with Crippen molar-refractivity contribution >= 4 is 33.2 Å². The van der Waals surface area contributed by atoms with Gasteiger partial charge in [0.15, 0.2) is 0 Å². The van der Waals surface area contributed by atoms with E-state index in [4.69, 9.17) is 16.3 Å². The van der Waals surface area contributed by atoms with Gasteiger partial charge in [-0.1, -0.05) is 23.7 Å². The second-order valence-electron chi connectivity index (χ2n) is 5.84. The van der Waals surface area contributed by atoms with Crippen molar-refractivity contribution in [1.82, 2.24) is 4.31 Å². The van der Waals surface area contributed by atoms with E-state index in [1.54, 1.807) is 36.4 Å². The van der Waals surface area contributed by atoms with E-state index >= 15 is 0 Å². The molecule has 0 saturated carbocycles. The maximum absolute atomic E-state index is 11.9. The first kappa shape index (κ1) is 20.2. The number of anilines is 1.